The SMILES string of the molecule is CCCCCCc1ccc(C#Cc2ccc(C#Cc3ccc(CC)cc3)c(F)c2)cc1. The van der Waals surface area contributed by atoms with Crippen LogP contribution >= 0.6 is 0 Å². The molecule has 31 heavy (non-hydrogen) atoms. The smallest absolute Gasteiger partial charge is 0.140 e. The van der Waals surface area contributed by atoms with Crippen molar-refractivity contribution in [3.8, 4) is 23.7 Å². The highest BCUT2D eigenvalue weighted by atomic mass is 19.1. The maximum Gasteiger partial charge on any atom is 0.140 e. The maximum absolute atomic E-state index is 14.5. The van der Waals surface area contributed by atoms with Crippen molar-refractivity contribution in [1.82, 2.24) is 0 Å². The van der Waals surface area contributed by atoms with E-state index in [0.717, 1.165) is 24.0 Å². The summed E-state index contributed by atoms with van der Waals surface area (Å²) < 4.78 is 14.5. The molecule has 3 rings (SSSR count). The lowest BCUT2D eigenvalue weighted by Gasteiger charge is -2.01. The van der Waals surface area contributed by atoms with Crippen molar-refractivity contribution < 1.29 is 4.39 Å². The van der Waals surface area contributed by atoms with Gasteiger partial charge in [-0.3, -0.25) is 0 Å². The molecule has 0 unspecified atom stereocenters. The van der Waals surface area contributed by atoms with Crippen LogP contribution in [0, 0.1) is 29.5 Å². The van der Waals surface area contributed by atoms with Crippen LogP contribution in [-0.4, -0.2) is 0 Å². The summed E-state index contributed by atoms with van der Waals surface area (Å²) in [5.41, 5.74) is 5.48. The van der Waals surface area contributed by atoms with Gasteiger partial charge in [-0.25, -0.2) is 4.39 Å². The molecule has 0 saturated heterocycles. The molecule has 0 nitrogen and oxygen atoms in total. The Morgan fingerprint density at radius 3 is 1.81 bits per heavy atom. The summed E-state index contributed by atoms with van der Waals surface area (Å²) in [5.74, 6) is 11.8. The number of unbranched alkanes of at least 4 members (excludes halogenated alkanes) is 3. The molecule has 0 aliphatic rings. The van der Waals surface area contributed by atoms with Gasteiger partial charge in [0.25, 0.3) is 0 Å². The molecule has 0 heterocycles. The normalized spacial score (nSPS) is 10.0. The molecule has 0 fully saturated rings. The summed E-state index contributed by atoms with van der Waals surface area (Å²) in [6.07, 6.45) is 7.19. The van der Waals surface area contributed by atoms with Crippen LogP contribution in [0.25, 0.3) is 0 Å². The molecule has 3 aromatic carbocycles. The highest BCUT2D eigenvalue weighted by molar-refractivity contribution is 5.49. The molecule has 0 saturated carbocycles. The van der Waals surface area contributed by atoms with Gasteiger partial charge in [0.1, 0.15) is 5.82 Å². The number of hydrogen-bond acceptors (Lipinski definition) is 0. The monoisotopic (exact) mass is 408 g/mol. The topological polar surface area (TPSA) is 0 Å². The lowest BCUT2D eigenvalue weighted by Crippen LogP contribution is -1.87. The fourth-order valence-corrected chi connectivity index (χ4v) is 3.31. The number of hydrogen-bond donors (Lipinski definition) is 0. The van der Waals surface area contributed by atoms with E-state index < -0.39 is 0 Å². The Bertz CT molecular complexity index is 1100. The van der Waals surface area contributed by atoms with Crippen LogP contribution in [0.1, 0.15) is 72.9 Å². The van der Waals surface area contributed by atoms with E-state index >= 15 is 0 Å². The fraction of sp³-hybridized carbons (Fsp3) is 0.267. The van der Waals surface area contributed by atoms with Gasteiger partial charge < -0.3 is 0 Å². The third-order valence-corrected chi connectivity index (χ3v) is 5.30. The van der Waals surface area contributed by atoms with E-state index in [9.17, 15) is 4.39 Å². The van der Waals surface area contributed by atoms with Gasteiger partial charge in [0, 0.05) is 16.7 Å². The van der Waals surface area contributed by atoms with Crippen LogP contribution in [0.2, 0.25) is 0 Å². The van der Waals surface area contributed by atoms with E-state index in [1.807, 2.05) is 30.3 Å². The summed E-state index contributed by atoms with van der Waals surface area (Å²) in [6.45, 7) is 4.35. The van der Waals surface area contributed by atoms with E-state index in [1.54, 1.807) is 6.07 Å². The van der Waals surface area contributed by atoms with Crippen LogP contribution < -0.4 is 0 Å². The van der Waals surface area contributed by atoms with Crippen molar-refractivity contribution in [1.29, 1.82) is 0 Å². The number of rotatable bonds is 6. The Morgan fingerprint density at radius 2 is 1.19 bits per heavy atom. The van der Waals surface area contributed by atoms with Gasteiger partial charge in [-0.1, -0.05) is 81.1 Å². The molecule has 0 radical (unpaired) electrons. The van der Waals surface area contributed by atoms with Gasteiger partial charge in [0.15, 0.2) is 0 Å². The minimum Gasteiger partial charge on any atom is -0.206 e. The predicted molar refractivity (Wildman–Crippen MR) is 128 cm³/mol. The molecular weight excluding hydrogens is 379 g/mol. The first-order chi connectivity index (χ1) is 15.2. The lowest BCUT2D eigenvalue weighted by molar-refractivity contribution is 0.624. The summed E-state index contributed by atoms with van der Waals surface area (Å²) in [6, 6.07) is 21.4. The fourth-order valence-electron chi connectivity index (χ4n) is 3.31. The first-order valence-corrected chi connectivity index (χ1v) is 11.2. The number of aryl methyl sites for hydroxylation is 2. The van der Waals surface area contributed by atoms with Gasteiger partial charge >= 0.3 is 0 Å². The summed E-state index contributed by atoms with van der Waals surface area (Å²) >= 11 is 0. The lowest BCUT2D eigenvalue weighted by atomic mass is 10.0. The Hall–Kier alpha value is -3.29. The Kier molecular flexibility index (Phi) is 8.51. The summed E-state index contributed by atoms with van der Waals surface area (Å²) in [4.78, 5) is 0. The van der Waals surface area contributed by atoms with Crippen LogP contribution in [0.3, 0.4) is 0 Å². The highest BCUT2D eigenvalue weighted by Crippen LogP contribution is 2.12. The first-order valence-electron chi connectivity index (χ1n) is 11.2. The molecule has 0 bridgehead atoms. The van der Waals surface area contributed by atoms with Crippen molar-refractivity contribution in [2.75, 3.05) is 0 Å². The van der Waals surface area contributed by atoms with Crippen molar-refractivity contribution in [3.63, 3.8) is 0 Å². The molecular formula is C30H29F. The van der Waals surface area contributed by atoms with E-state index in [0.29, 0.717) is 11.1 Å². The standard InChI is InChI=1S/C30H29F/c1-3-5-6-7-8-25-13-15-26(16-14-25)17-18-28-20-22-29(30(31)23-28)21-19-27-11-9-24(4-2)10-12-27/h9-16,20,22-23H,3-8H2,1-2H3. The predicted octanol–water partition coefficient (Wildman–Crippen LogP) is 7.31. The molecule has 0 spiro atoms. The van der Waals surface area contributed by atoms with Crippen LogP contribution in [0.5, 0.6) is 0 Å². The largest absolute Gasteiger partial charge is 0.206 e. The third-order valence-electron chi connectivity index (χ3n) is 5.30. The van der Waals surface area contributed by atoms with Crippen molar-refractivity contribution in [3.05, 3.63) is 106 Å². The zero-order valence-corrected chi connectivity index (χ0v) is 18.5. The molecule has 1 heteroatoms. The molecule has 0 atom stereocenters. The number of halogens is 1. The summed E-state index contributed by atoms with van der Waals surface area (Å²) in [7, 11) is 0. The quantitative estimate of drug-likeness (QED) is 0.296. The van der Waals surface area contributed by atoms with Crippen LogP contribution in [0.15, 0.2) is 66.7 Å². The Morgan fingerprint density at radius 1 is 0.613 bits per heavy atom. The van der Waals surface area contributed by atoms with E-state index in [4.69, 9.17) is 0 Å². The van der Waals surface area contributed by atoms with E-state index in [-0.39, 0.29) is 5.82 Å². The molecule has 0 aromatic heterocycles. The average Bonchev–Trinajstić information content (AvgIpc) is 2.81. The average molecular weight is 409 g/mol. The van der Waals surface area contributed by atoms with Gasteiger partial charge in [0.2, 0.25) is 0 Å². The second-order valence-electron chi connectivity index (χ2n) is 7.75. The zero-order valence-electron chi connectivity index (χ0n) is 18.5. The Balaban J connectivity index is 1.63. The molecule has 0 N–H and O–H groups in total. The molecule has 3 aromatic rings. The van der Waals surface area contributed by atoms with Crippen molar-refractivity contribution >= 4 is 0 Å². The molecule has 0 aliphatic carbocycles. The van der Waals surface area contributed by atoms with E-state index in [1.165, 1.54) is 42.9 Å². The van der Waals surface area contributed by atoms with Gasteiger partial charge in [-0.15, -0.1) is 0 Å². The Labute approximate surface area is 186 Å². The van der Waals surface area contributed by atoms with Crippen LogP contribution in [-0.2, 0) is 12.8 Å². The molecule has 0 amide bonds. The van der Waals surface area contributed by atoms with Crippen LogP contribution in [0.4, 0.5) is 4.39 Å². The van der Waals surface area contributed by atoms with Crippen molar-refractivity contribution in [2.24, 2.45) is 0 Å². The first kappa shape index (κ1) is 22.4. The zero-order chi connectivity index (χ0) is 21.9. The third kappa shape index (κ3) is 7.16. The van der Waals surface area contributed by atoms with Crippen molar-refractivity contribution in [2.45, 2.75) is 52.4 Å². The maximum atomic E-state index is 14.5. The molecule has 0 aliphatic heterocycles. The second-order valence-corrected chi connectivity index (χ2v) is 7.75. The molecule has 156 valence electrons. The minimum absolute atomic E-state index is 0.341. The van der Waals surface area contributed by atoms with Gasteiger partial charge in [-0.05, 0) is 72.9 Å². The van der Waals surface area contributed by atoms with Gasteiger partial charge in [-0.2, -0.15) is 0 Å². The number of benzene rings is 3. The minimum atomic E-state index is -0.341. The summed E-state index contributed by atoms with van der Waals surface area (Å²) in [5, 5.41) is 0. The second kappa shape index (κ2) is 11.8. The highest BCUT2D eigenvalue weighted by Gasteiger charge is 2.00. The van der Waals surface area contributed by atoms with Gasteiger partial charge in [0.05, 0.1) is 5.56 Å². The van der Waals surface area contributed by atoms with E-state index in [2.05, 4.69) is 61.8 Å².